The zero-order valence-corrected chi connectivity index (χ0v) is 15.1. The van der Waals surface area contributed by atoms with Gasteiger partial charge in [0.1, 0.15) is 5.69 Å². The van der Waals surface area contributed by atoms with E-state index in [1.807, 2.05) is 4.90 Å². The molecule has 0 saturated carbocycles. The Kier molecular flexibility index (Phi) is 4.88. The van der Waals surface area contributed by atoms with Crippen molar-refractivity contribution in [3.63, 3.8) is 0 Å². The summed E-state index contributed by atoms with van der Waals surface area (Å²) >= 11 is 0. The number of rotatable bonds is 3. The number of hydrogen-bond donors (Lipinski definition) is 3. The van der Waals surface area contributed by atoms with E-state index >= 15 is 0 Å². The second kappa shape index (κ2) is 7.21. The van der Waals surface area contributed by atoms with Gasteiger partial charge >= 0.3 is 6.18 Å². The maximum Gasteiger partial charge on any atom is 0.416 e. The summed E-state index contributed by atoms with van der Waals surface area (Å²) < 4.78 is 39.9. The molecule has 2 aliphatic heterocycles. The van der Waals surface area contributed by atoms with E-state index in [0.717, 1.165) is 11.6 Å². The van der Waals surface area contributed by atoms with Gasteiger partial charge < -0.3 is 10.4 Å². The average molecular weight is 394 g/mol. The molecule has 1 atom stereocenters. The van der Waals surface area contributed by atoms with E-state index in [2.05, 4.69) is 15.5 Å². The van der Waals surface area contributed by atoms with Crippen LogP contribution in [0.4, 0.5) is 13.2 Å². The number of nitrogens with one attached hydrogen (secondary N) is 2. The van der Waals surface area contributed by atoms with Crippen LogP contribution in [0.1, 0.15) is 53.1 Å². The number of carbonyl (C=O) groups excluding carboxylic acids is 1. The second-order valence-electron chi connectivity index (χ2n) is 7.29. The van der Waals surface area contributed by atoms with Gasteiger partial charge in [-0.2, -0.15) is 18.3 Å². The second-order valence-corrected chi connectivity index (χ2v) is 7.29. The largest absolute Gasteiger partial charge is 0.416 e. The zero-order chi connectivity index (χ0) is 19.9. The molecule has 1 saturated heterocycles. The lowest BCUT2D eigenvalue weighted by atomic mass is 9.86. The van der Waals surface area contributed by atoms with Gasteiger partial charge in [-0.25, -0.2) is 0 Å². The Morgan fingerprint density at radius 1 is 1.21 bits per heavy atom. The van der Waals surface area contributed by atoms with Crippen LogP contribution in [0.3, 0.4) is 0 Å². The Balaban J connectivity index is 1.46. The highest BCUT2D eigenvalue weighted by Crippen LogP contribution is 2.39. The van der Waals surface area contributed by atoms with Gasteiger partial charge in [-0.3, -0.25) is 14.8 Å². The molecule has 28 heavy (non-hydrogen) atoms. The molecule has 1 fully saturated rings. The van der Waals surface area contributed by atoms with E-state index in [1.54, 1.807) is 12.1 Å². The molecule has 2 aliphatic rings. The predicted molar refractivity (Wildman–Crippen MR) is 94.1 cm³/mol. The Morgan fingerprint density at radius 3 is 2.64 bits per heavy atom. The van der Waals surface area contributed by atoms with Crippen molar-refractivity contribution < 1.29 is 23.1 Å². The molecule has 4 rings (SSSR count). The fraction of sp³-hybridized carbons (Fsp3) is 0.474. The van der Waals surface area contributed by atoms with Crippen molar-refractivity contribution in [3.8, 4) is 0 Å². The third-order valence-corrected chi connectivity index (χ3v) is 5.61. The van der Waals surface area contributed by atoms with Crippen molar-refractivity contribution in [2.24, 2.45) is 0 Å². The number of amides is 1. The number of aromatic amines is 1. The molecule has 0 bridgehead atoms. The van der Waals surface area contributed by atoms with Crippen molar-refractivity contribution in [2.75, 3.05) is 13.1 Å². The first-order valence-electron chi connectivity index (χ1n) is 9.25. The first-order valence-corrected chi connectivity index (χ1v) is 9.25. The highest BCUT2D eigenvalue weighted by molar-refractivity contribution is 5.80. The van der Waals surface area contributed by atoms with Crippen LogP contribution in [0, 0.1) is 0 Å². The van der Waals surface area contributed by atoms with Gasteiger partial charge in [0, 0.05) is 30.9 Å². The summed E-state index contributed by atoms with van der Waals surface area (Å²) in [7, 11) is 0. The van der Waals surface area contributed by atoms with Gasteiger partial charge in [0.15, 0.2) is 6.23 Å². The van der Waals surface area contributed by atoms with Crippen LogP contribution >= 0.6 is 0 Å². The first kappa shape index (κ1) is 18.9. The van der Waals surface area contributed by atoms with Crippen molar-refractivity contribution >= 4 is 5.91 Å². The lowest BCUT2D eigenvalue weighted by Gasteiger charge is -2.35. The molecule has 3 heterocycles. The molecule has 3 N–H and O–H groups in total. The van der Waals surface area contributed by atoms with Gasteiger partial charge in [-0.1, -0.05) is 18.2 Å². The monoisotopic (exact) mass is 394 g/mol. The highest BCUT2D eigenvalue weighted by atomic mass is 19.4. The molecule has 1 aromatic carbocycles. The summed E-state index contributed by atoms with van der Waals surface area (Å²) in [6.45, 7) is 1.24. The zero-order valence-electron chi connectivity index (χ0n) is 15.1. The van der Waals surface area contributed by atoms with Gasteiger partial charge in [-0.05, 0) is 30.4 Å². The smallest absolute Gasteiger partial charge is 0.372 e. The maximum atomic E-state index is 13.3. The molecular formula is C19H21F3N4O2. The van der Waals surface area contributed by atoms with E-state index in [0.29, 0.717) is 49.4 Å². The quantitative estimate of drug-likeness (QED) is 0.747. The number of carbonyl (C=O) groups is 1. The third kappa shape index (κ3) is 3.51. The molecule has 1 amide bonds. The van der Waals surface area contributed by atoms with Gasteiger partial charge in [0.2, 0.25) is 5.91 Å². The summed E-state index contributed by atoms with van der Waals surface area (Å²) in [4.78, 5) is 13.3. The van der Waals surface area contributed by atoms with E-state index in [-0.39, 0.29) is 18.2 Å². The Bertz CT molecular complexity index is 872. The van der Waals surface area contributed by atoms with Crippen LogP contribution in [0.25, 0.3) is 0 Å². The predicted octanol–water partition coefficient (Wildman–Crippen LogP) is 2.47. The average Bonchev–Trinajstić information content (AvgIpc) is 3.10. The Hall–Kier alpha value is -2.39. The third-order valence-electron chi connectivity index (χ3n) is 5.61. The van der Waals surface area contributed by atoms with Crippen LogP contribution in [0.15, 0.2) is 24.3 Å². The molecule has 0 aliphatic carbocycles. The molecule has 2 aromatic rings. The van der Waals surface area contributed by atoms with Crippen molar-refractivity contribution in [1.29, 1.82) is 0 Å². The number of aliphatic hydroxyl groups excluding tert-OH is 1. The number of halogens is 3. The number of piperidine rings is 1. The van der Waals surface area contributed by atoms with Crippen LogP contribution in [-0.4, -0.2) is 39.2 Å². The fourth-order valence-electron chi connectivity index (χ4n) is 4.12. The number of nitrogens with zero attached hydrogens (tertiary/aromatic N) is 2. The van der Waals surface area contributed by atoms with Crippen molar-refractivity contribution in [2.45, 2.75) is 44.1 Å². The number of benzene rings is 1. The number of aromatic nitrogens is 2. The van der Waals surface area contributed by atoms with Crippen LogP contribution in [0.2, 0.25) is 0 Å². The molecule has 0 spiro atoms. The van der Waals surface area contributed by atoms with Crippen LogP contribution < -0.4 is 5.32 Å². The van der Waals surface area contributed by atoms with E-state index in [9.17, 15) is 23.1 Å². The van der Waals surface area contributed by atoms with Crippen molar-refractivity contribution in [3.05, 3.63) is 52.3 Å². The minimum absolute atomic E-state index is 0.0960. The van der Waals surface area contributed by atoms with Crippen molar-refractivity contribution in [1.82, 2.24) is 20.4 Å². The van der Waals surface area contributed by atoms with Crippen LogP contribution in [-0.2, 0) is 23.9 Å². The number of aliphatic hydroxyl groups is 1. The lowest BCUT2D eigenvalue weighted by Crippen LogP contribution is -2.38. The van der Waals surface area contributed by atoms with E-state index < -0.39 is 18.0 Å². The molecule has 9 heteroatoms. The van der Waals surface area contributed by atoms with Gasteiger partial charge in [0.25, 0.3) is 0 Å². The number of fused-ring (bicyclic) bond motifs is 1. The number of hydrogen-bond acceptors (Lipinski definition) is 4. The molecule has 1 aromatic heterocycles. The summed E-state index contributed by atoms with van der Waals surface area (Å²) in [5.74, 6) is -0.296. The SMILES string of the molecule is O=C1Cc2[nH]nc(C(O)N3CCC(c4ccccc4C(F)(F)F)CC3)c2CN1. The first-order chi connectivity index (χ1) is 13.3. The molecule has 150 valence electrons. The van der Waals surface area contributed by atoms with Gasteiger partial charge in [-0.15, -0.1) is 0 Å². The van der Waals surface area contributed by atoms with E-state index in [4.69, 9.17) is 0 Å². The van der Waals surface area contributed by atoms with Crippen LogP contribution in [0.5, 0.6) is 0 Å². The minimum Gasteiger partial charge on any atom is -0.372 e. The molecule has 1 unspecified atom stereocenters. The Labute approximate surface area is 159 Å². The highest BCUT2D eigenvalue weighted by Gasteiger charge is 2.37. The molecular weight excluding hydrogens is 373 g/mol. The molecule has 6 nitrogen and oxygen atoms in total. The number of H-pyrrole nitrogens is 1. The summed E-state index contributed by atoms with van der Waals surface area (Å²) in [5, 5.41) is 20.5. The standard InChI is InChI=1S/C19H21F3N4O2/c20-19(21,22)14-4-2-1-3-12(14)11-5-7-26(8-6-11)18(28)17-13-10-23-16(27)9-15(13)24-25-17/h1-4,11,18,28H,5-10H2,(H,23,27)(H,24,25). The maximum absolute atomic E-state index is 13.3. The molecule has 0 radical (unpaired) electrons. The number of alkyl halides is 3. The summed E-state index contributed by atoms with van der Waals surface area (Å²) in [6, 6.07) is 5.72. The lowest BCUT2D eigenvalue weighted by molar-refractivity contribution is -0.138. The number of likely N-dealkylation sites (tertiary alicyclic amines) is 1. The Morgan fingerprint density at radius 2 is 1.93 bits per heavy atom. The van der Waals surface area contributed by atoms with E-state index in [1.165, 1.54) is 6.07 Å². The normalized spacial score (nSPS) is 19.9. The van der Waals surface area contributed by atoms with Gasteiger partial charge in [0.05, 0.1) is 12.0 Å². The topological polar surface area (TPSA) is 81.2 Å². The minimum atomic E-state index is -4.37. The summed E-state index contributed by atoms with van der Waals surface area (Å²) in [5.41, 5.74) is 1.71. The fourth-order valence-corrected chi connectivity index (χ4v) is 4.12. The summed E-state index contributed by atoms with van der Waals surface area (Å²) in [6.07, 6.45) is -4.08.